The lowest BCUT2D eigenvalue weighted by atomic mass is 9.79. The fraction of sp³-hybridized carbons (Fsp3) is 0.500. The van der Waals surface area contributed by atoms with E-state index in [4.69, 9.17) is 10.5 Å². The van der Waals surface area contributed by atoms with Crippen LogP contribution in [0.5, 0.6) is 0 Å². The first kappa shape index (κ1) is 17.2. The number of nitrogens with one attached hydrogen (secondary N) is 3. The van der Waals surface area contributed by atoms with Crippen LogP contribution < -0.4 is 21.7 Å². The molecule has 1 aromatic rings. The third kappa shape index (κ3) is 4.94. The van der Waals surface area contributed by atoms with Crippen molar-refractivity contribution < 1.29 is 14.3 Å². The first-order valence-electron chi connectivity index (χ1n) is 7.69. The lowest BCUT2D eigenvalue weighted by Gasteiger charge is -2.37. The van der Waals surface area contributed by atoms with Crippen LogP contribution in [0.1, 0.15) is 23.2 Å². The zero-order valence-electron chi connectivity index (χ0n) is 13.4. The van der Waals surface area contributed by atoms with Gasteiger partial charge in [-0.1, -0.05) is 0 Å². The normalized spacial score (nSPS) is 16.6. The van der Waals surface area contributed by atoms with Gasteiger partial charge < -0.3 is 26.4 Å². The number of rotatable bonds is 6. The summed E-state index contributed by atoms with van der Waals surface area (Å²) in [5.74, 6) is -0.135. The number of urea groups is 1. The highest BCUT2D eigenvalue weighted by Gasteiger charge is 2.32. The molecule has 1 fully saturated rings. The number of primary amides is 1. The molecule has 0 radical (unpaired) electrons. The largest absolute Gasteiger partial charge is 0.384 e. The number of hydrogen-bond acceptors (Lipinski definition) is 4. The standard InChI is InChI=1S/C16H24N4O3/c1-23-11-16(6-8-18-9-7-16)10-19-14(21)12-2-4-13(5-3-12)20-15(17)22/h2-5,18H,6-11H2,1H3,(H,19,21)(H3,17,20,22). The zero-order chi connectivity index (χ0) is 16.7. The molecule has 1 aliphatic rings. The molecular weight excluding hydrogens is 296 g/mol. The van der Waals surface area contributed by atoms with Crippen molar-refractivity contribution in [1.29, 1.82) is 0 Å². The van der Waals surface area contributed by atoms with Crippen LogP contribution in [0.3, 0.4) is 0 Å². The van der Waals surface area contributed by atoms with Crippen molar-refractivity contribution in [3.63, 3.8) is 0 Å². The Labute approximate surface area is 136 Å². The van der Waals surface area contributed by atoms with Gasteiger partial charge >= 0.3 is 6.03 Å². The number of anilines is 1. The van der Waals surface area contributed by atoms with Gasteiger partial charge in [0.1, 0.15) is 0 Å². The molecule has 23 heavy (non-hydrogen) atoms. The fourth-order valence-corrected chi connectivity index (χ4v) is 2.85. The van der Waals surface area contributed by atoms with E-state index in [-0.39, 0.29) is 11.3 Å². The van der Waals surface area contributed by atoms with E-state index in [9.17, 15) is 9.59 Å². The third-order valence-corrected chi connectivity index (χ3v) is 4.15. The maximum atomic E-state index is 12.3. The van der Waals surface area contributed by atoms with Crippen LogP contribution in [-0.2, 0) is 4.74 Å². The lowest BCUT2D eigenvalue weighted by Crippen LogP contribution is -2.47. The highest BCUT2D eigenvalue weighted by atomic mass is 16.5. The summed E-state index contributed by atoms with van der Waals surface area (Å²) in [6.07, 6.45) is 1.95. The molecule has 0 spiro atoms. The number of benzene rings is 1. The molecular formula is C16H24N4O3. The summed E-state index contributed by atoms with van der Waals surface area (Å²) in [5.41, 5.74) is 6.14. The van der Waals surface area contributed by atoms with Gasteiger partial charge in [-0.2, -0.15) is 0 Å². The molecule has 7 nitrogen and oxygen atoms in total. The average Bonchev–Trinajstić information content (AvgIpc) is 2.54. The van der Waals surface area contributed by atoms with Crippen molar-refractivity contribution in [2.45, 2.75) is 12.8 Å². The van der Waals surface area contributed by atoms with E-state index < -0.39 is 6.03 Å². The van der Waals surface area contributed by atoms with Gasteiger partial charge in [0.05, 0.1) is 6.61 Å². The van der Waals surface area contributed by atoms with Gasteiger partial charge in [-0.15, -0.1) is 0 Å². The molecule has 5 N–H and O–H groups in total. The van der Waals surface area contributed by atoms with Gasteiger partial charge in [-0.05, 0) is 50.2 Å². The van der Waals surface area contributed by atoms with E-state index in [2.05, 4.69) is 16.0 Å². The summed E-state index contributed by atoms with van der Waals surface area (Å²) in [4.78, 5) is 23.1. The number of carbonyl (C=O) groups is 2. The van der Waals surface area contributed by atoms with Gasteiger partial charge in [-0.3, -0.25) is 4.79 Å². The summed E-state index contributed by atoms with van der Waals surface area (Å²) in [6.45, 7) is 3.10. The molecule has 0 atom stereocenters. The predicted octanol–water partition coefficient (Wildman–Crippen LogP) is 0.923. The van der Waals surface area contributed by atoms with Crippen LogP contribution in [0.2, 0.25) is 0 Å². The highest BCUT2D eigenvalue weighted by Crippen LogP contribution is 2.28. The van der Waals surface area contributed by atoms with Crippen LogP contribution in [0.25, 0.3) is 0 Å². The van der Waals surface area contributed by atoms with Gasteiger partial charge in [0.2, 0.25) is 0 Å². The smallest absolute Gasteiger partial charge is 0.316 e. The molecule has 7 heteroatoms. The number of amides is 3. The van der Waals surface area contributed by atoms with E-state index in [1.54, 1.807) is 31.4 Å². The van der Waals surface area contributed by atoms with Crippen LogP contribution >= 0.6 is 0 Å². The minimum atomic E-state index is -0.630. The second-order valence-corrected chi connectivity index (χ2v) is 5.93. The van der Waals surface area contributed by atoms with Crippen molar-refractivity contribution in [3.8, 4) is 0 Å². The van der Waals surface area contributed by atoms with Crippen molar-refractivity contribution in [1.82, 2.24) is 10.6 Å². The van der Waals surface area contributed by atoms with Crippen LogP contribution in [0, 0.1) is 5.41 Å². The highest BCUT2D eigenvalue weighted by molar-refractivity contribution is 5.95. The van der Waals surface area contributed by atoms with Crippen molar-refractivity contribution >= 4 is 17.6 Å². The number of piperidine rings is 1. The summed E-state index contributed by atoms with van der Waals surface area (Å²) in [6, 6.07) is 5.98. The SMILES string of the molecule is COCC1(CNC(=O)c2ccc(NC(N)=O)cc2)CCNCC1. The van der Waals surface area contributed by atoms with Crippen LogP contribution in [0.15, 0.2) is 24.3 Å². The molecule has 0 saturated carbocycles. The summed E-state index contributed by atoms with van der Waals surface area (Å²) < 4.78 is 5.34. The van der Waals surface area contributed by atoms with E-state index in [0.29, 0.717) is 24.4 Å². The van der Waals surface area contributed by atoms with Gasteiger partial charge in [-0.25, -0.2) is 4.79 Å². The first-order chi connectivity index (χ1) is 11.0. The van der Waals surface area contributed by atoms with E-state index >= 15 is 0 Å². The monoisotopic (exact) mass is 320 g/mol. The van der Waals surface area contributed by atoms with E-state index in [1.807, 2.05) is 0 Å². The van der Waals surface area contributed by atoms with Gasteiger partial charge in [0, 0.05) is 30.3 Å². The summed E-state index contributed by atoms with van der Waals surface area (Å²) >= 11 is 0. The molecule has 1 saturated heterocycles. The summed E-state index contributed by atoms with van der Waals surface area (Å²) in [5, 5.41) is 8.78. The Morgan fingerprint density at radius 3 is 2.48 bits per heavy atom. The Hall–Kier alpha value is -2.12. The van der Waals surface area contributed by atoms with Crippen molar-refractivity contribution in [2.24, 2.45) is 11.1 Å². The molecule has 0 aliphatic carbocycles. The maximum absolute atomic E-state index is 12.3. The predicted molar refractivity (Wildman–Crippen MR) is 88.4 cm³/mol. The molecule has 126 valence electrons. The van der Waals surface area contributed by atoms with Crippen LogP contribution in [-0.4, -0.2) is 45.3 Å². The van der Waals surface area contributed by atoms with Gasteiger partial charge in [0.15, 0.2) is 0 Å². The molecule has 1 aliphatic heterocycles. The Kier molecular flexibility index (Phi) is 5.95. The second kappa shape index (κ2) is 7.94. The number of hydrogen-bond donors (Lipinski definition) is 4. The van der Waals surface area contributed by atoms with Gasteiger partial charge in [0.25, 0.3) is 5.91 Å². The molecule has 0 unspecified atom stereocenters. The molecule has 2 rings (SSSR count). The number of carbonyl (C=O) groups excluding carboxylic acids is 2. The van der Waals surface area contributed by atoms with E-state index in [0.717, 1.165) is 25.9 Å². The van der Waals surface area contributed by atoms with Crippen molar-refractivity contribution in [2.75, 3.05) is 38.7 Å². The Bertz CT molecular complexity index is 533. The lowest BCUT2D eigenvalue weighted by molar-refractivity contribution is 0.0512. The number of nitrogens with two attached hydrogens (primary N) is 1. The molecule has 3 amide bonds. The second-order valence-electron chi connectivity index (χ2n) is 5.93. The average molecular weight is 320 g/mol. The fourth-order valence-electron chi connectivity index (χ4n) is 2.85. The Morgan fingerprint density at radius 2 is 1.91 bits per heavy atom. The minimum absolute atomic E-state index is 0.0108. The summed E-state index contributed by atoms with van der Waals surface area (Å²) in [7, 11) is 1.69. The Balaban J connectivity index is 1.93. The third-order valence-electron chi connectivity index (χ3n) is 4.15. The molecule has 1 heterocycles. The Morgan fingerprint density at radius 1 is 1.26 bits per heavy atom. The molecule has 0 bridgehead atoms. The quantitative estimate of drug-likeness (QED) is 0.625. The minimum Gasteiger partial charge on any atom is -0.384 e. The number of methoxy groups -OCH3 is 1. The van der Waals surface area contributed by atoms with E-state index in [1.165, 1.54) is 0 Å². The molecule has 0 aromatic heterocycles. The van der Waals surface area contributed by atoms with Crippen LogP contribution in [0.4, 0.5) is 10.5 Å². The zero-order valence-corrected chi connectivity index (χ0v) is 13.4. The van der Waals surface area contributed by atoms with Crippen molar-refractivity contribution in [3.05, 3.63) is 29.8 Å². The maximum Gasteiger partial charge on any atom is 0.316 e. The molecule has 1 aromatic carbocycles. The topological polar surface area (TPSA) is 105 Å². The number of ether oxygens (including phenoxy) is 1. The first-order valence-corrected chi connectivity index (χ1v) is 7.69.